The van der Waals surface area contributed by atoms with E-state index in [-0.39, 0.29) is 28.9 Å². The maximum absolute atomic E-state index is 11.0. The summed E-state index contributed by atoms with van der Waals surface area (Å²) in [7, 11) is 0. The summed E-state index contributed by atoms with van der Waals surface area (Å²) >= 11 is 0. The van der Waals surface area contributed by atoms with E-state index in [4.69, 9.17) is 10.2 Å². The lowest BCUT2D eigenvalue weighted by Gasteiger charge is -2.05. The number of halogens is 1. The average molecular weight is 253 g/mol. The van der Waals surface area contributed by atoms with E-state index in [2.05, 4.69) is 0 Å². The standard InChI is InChI=1S/C12H8O4.ClH/c13-11(14)8-5-1-3-7-4-2-6-9(10(7)8)12(15)16;/h1-6H,(H,13,14)(H,15,16);1H. The van der Waals surface area contributed by atoms with Crippen molar-refractivity contribution in [3.8, 4) is 0 Å². The molecule has 2 N–H and O–H groups in total. The third-order valence-corrected chi connectivity index (χ3v) is 2.37. The molecular weight excluding hydrogens is 244 g/mol. The van der Waals surface area contributed by atoms with Gasteiger partial charge in [0.05, 0.1) is 11.1 Å². The molecule has 0 heterocycles. The Morgan fingerprint density at radius 2 is 1.24 bits per heavy atom. The van der Waals surface area contributed by atoms with Crippen LogP contribution >= 0.6 is 12.4 Å². The first-order valence-electron chi connectivity index (χ1n) is 4.59. The van der Waals surface area contributed by atoms with Gasteiger partial charge in [-0.25, -0.2) is 9.59 Å². The molecule has 2 aromatic rings. The van der Waals surface area contributed by atoms with Crippen molar-refractivity contribution < 1.29 is 19.8 Å². The van der Waals surface area contributed by atoms with Crippen molar-refractivity contribution in [3.63, 3.8) is 0 Å². The molecule has 17 heavy (non-hydrogen) atoms. The van der Waals surface area contributed by atoms with Gasteiger partial charge in [0.2, 0.25) is 0 Å². The normalized spacial score (nSPS) is 9.65. The Bertz CT molecular complexity index is 543. The Balaban J connectivity index is 0.00000144. The van der Waals surface area contributed by atoms with Gasteiger partial charge in [-0.15, -0.1) is 12.4 Å². The first kappa shape index (κ1) is 13.0. The maximum Gasteiger partial charge on any atom is 0.336 e. The van der Waals surface area contributed by atoms with Gasteiger partial charge in [0.25, 0.3) is 0 Å². The number of aromatic carboxylic acids is 2. The maximum atomic E-state index is 11.0. The molecule has 0 saturated carbocycles. The zero-order valence-corrected chi connectivity index (χ0v) is 9.40. The number of hydrogen-bond acceptors (Lipinski definition) is 2. The van der Waals surface area contributed by atoms with E-state index >= 15 is 0 Å². The van der Waals surface area contributed by atoms with Crippen molar-refractivity contribution in [1.29, 1.82) is 0 Å². The van der Waals surface area contributed by atoms with Crippen LogP contribution in [-0.2, 0) is 0 Å². The molecule has 0 saturated heterocycles. The number of rotatable bonds is 2. The van der Waals surface area contributed by atoms with Crippen molar-refractivity contribution in [2.45, 2.75) is 0 Å². The molecule has 88 valence electrons. The number of fused-ring (bicyclic) bond motifs is 1. The second kappa shape index (κ2) is 4.84. The third kappa shape index (κ3) is 2.21. The first-order chi connectivity index (χ1) is 7.61. The first-order valence-corrected chi connectivity index (χ1v) is 4.59. The van der Waals surface area contributed by atoms with Gasteiger partial charge >= 0.3 is 11.9 Å². The summed E-state index contributed by atoms with van der Waals surface area (Å²) in [5.74, 6) is -2.25. The van der Waals surface area contributed by atoms with Gasteiger partial charge in [0.15, 0.2) is 0 Å². The van der Waals surface area contributed by atoms with Crippen molar-refractivity contribution >= 4 is 35.1 Å². The summed E-state index contributed by atoms with van der Waals surface area (Å²) < 4.78 is 0. The fourth-order valence-electron chi connectivity index (χ4n) is 1.70. The van der Waals surface area contributed by atoms with Crippen LogP contribution in [0.2, 0.25) is 0 Å². The lowest BCUT2D eigenvalue weighted by atomic mass is 9.99. The number of carboxylic acid groups (broad SMARTS) is 2. The molecular formula is C12H9ClO4. The van der Waals surface area contributed by atoms with Crippen molar-refractivity contribution in [2.24, 2.45) is 0 Å². The second-order valence-corrected chi connectivity index (χ2v) is 3.32. The highest BCUT2D eigenvalue weighted by Gasteiger charge is 2.15. The quantitative estimate of drug-likeness (QED) is 0.862. The molecule has 2 aromatic carbocycles. The highest BCUT2D eigenvalue weighted by Crippen LogP contribution is 2.23. The van der Waals surface area contributed by atoms with E-state index < -0.39 is 11.9 Å². The molecule has 0 unspecified atom stereocenters. The molecule has 4 nitrogen and oxygen atoms in total. The number of hydrogen-bond donors (Lipinski definition) is 2. The fourth-order valence-corrected chi connectivity index (χ4v) is 1.70. The topological polar surface area (TPSA) is 74.6 Å². The minimum absolute atomic E-state index is 0. The number of carboxylic acids is 2. The van der Waals surface area contributed by atoms with Gasteiger partial charge in [0, 0.05) is 5.39 Å². The Morgan fingerprint density at radius 3 is 1.59 bits per heavy atom. The molecule has 0 spiro atoms. The predicted octanol–water partition coefficient (Wildman–Crippen LogP) is 2.66. The lowest BCUT2D eigenvalue weighted by Crippen LogP contribution is -2.03. The monoisotopic (exact) mass is 252 g/mol. The Kier molecular flexibility index (Phi) is 3.70. The fraction of sp³-hybridized carbons (Fsp3) is 0. The van der Waals surface area contributed by atoms with Crippen molar-refractivity contribution in [1.82, 2.24) is 0 Å². The highest BCUT2D eigenvalue weighted by atomic mass is 35.5. The summed E-state index contributed by atoms with van der Waals surface area (Å²) in [6.07, 6.45) is 0. The number of carbonyl (C=O) groups is 2. The average Bonchev–Trinajstić information content (AvgIpc) is 2.27. The SMILES string of the molecule is Cl.O=C(O)c1cccc2cccc(C(=O)O)c12. The summed E-state index contributed by atoms with van der Waals surface area (Å²) in [5.41, 5.74) is 0.0194. The molecule has 5 heteroatoms. The molecule has 0 radical (unpaired) electrons. The molecule has 0 aliphatic rings. The van der Waals surface area contributed by atoms with E-state index in [0.717, 1.165) is 0 Å². The second-order valence-electron chi connectivity index (χ2n) is 3.32. The molecule has 0 bridgehead atoms. The third-order valence-electron chi connectivity index (χ3n) is 2.37. The lowest BCUT2D eigenvalue weighted by molar-refractivity contribution is 0.0695. The summed E-state index contributed by atoms with van der Waals surface area (Å²) in [5, 5.41) is 18.9. The Labute approximate surface area is 103 Å². The van der Waals surface area contributed by atoms with Crippen molar-refractivity contribution in [3.05, 3.63) is 47.5 Å². The van der Waals surface area contributed by atoms with Crippen LogP contribution in [0.3, 0.4) is 0 Å². The van der Waals surface area contributed by atoms with Gasteiger partial charge < -0.3 is 10.2 Å². The summed E-state index contributed by atoms with van der Waals surface area (Å²) in [6, 6.07) is 9.37. The largest absolute Gasteiger partial charge is 0.478 e. The van der Waals surface area contributed by atoms with Crippen LogP contribution in [0.25, 0.3) is 10.8 Å². The summed E-state index contributed by atoms with van der Waals surface area (Å²) in [6.45, 7) is 0. The van der Waals surface area contributed by atoms with Crippen LogP contribution in [0.1, 0.15) is 20.7 Å². The predicted molar refractivity (Wildman–Crippen MR) is 65.1 cm³/mol. The van der Waals surface area contributed by atoms with Crippen LogP contribution in [0, 0.1) is 0 Å². The molecule has 0 atom stereocenters. The van der Waals surface area contributed by atoms with Crippen LogP contribution < -0.4 is 0 Å². The smallest absolute Gasteiger partial charge is 0.336 e. The molecule has 0 aromatic heterocycles. The zero-order valence-electron chi connectivity index (χ0n) is 8.58. The number of benzene rings is 2. The molecule has 0 amide bonds. The van der Waals surface area contributed by atoms with E-state index in [9.17, 15) is 9.59 Å². The summed E-state index contributed by atoms with van der Waals surface area (Å²) in [4.78, 5) is 22.0. The minimum Gasteiger partial charge on any atom is -0.478 e. The Hall–Kier alpha value is -2.07. The van der Waals surface area contributed by atoms with E-state index in [1.165, 1.54) is 12.1 Å². The zero-order chi connectivity index (χ0) is 11.7. The van der Waals surface area contributed by atoms with Crippen LogP contribution in [-0.4, -0.2) is 22.2 Å². The van der Waals surface area contributed by atoms with Gasteiger partial charge in [0.1, 0.15) is 0 Å². The Morgan fingerprint density at radius 1 is 0.824 bits per heavy atom. The molecule has 0 aliphatic carbocycles. The minimum atomic E-state index is -1.13. The molecule has 0 aliphatic heterocycles. The van der Waals surface area contributed by atoms with E-state index in [1.54, 1.807) is 24.3 Å². The van der Waals surface area contributed by atoms with Crippen LogP contribution in [0.15, 0.2) is 36.4 Å². The van der Waals surface area contributed by atoms with Gasteiger partial charge in [-0.1, -0.05) is 24.3 Å². The van der Waals surface area contributed by atoms with E-state index in [1.807, 2.05) is 0 Å². The molecule has 2 rings (SSSR count). The van der Waals surface area contributed by atoms with E-state index in [0.29, 0.717) is 5.39 Å². The van der Waals surface area contributed by atoms with Crippen LogP contribution in [0.4, 0.5) is 0 Å². The van der Waals surface area contributed by atoms with Crippen LogP contribution in [0.5, 0.6) is 0 Å². The molecule has 0 fully saturated rings. The van der Waals surface area contributed by atoms with Gasteiger partial charge in [-0.2, -0.15) is 0 Å². The van der Waals surface area contributed by atoms with Crippen molar-refractivity contribution in [2.75, 3.05) is 0 Å². The van der Waals surface area contributed by atoms with Gasteiger partial charge in [-0.3, -0.25) is 0 Å². The highest BCUT2D eigenvalue weighted by molar-refractivity contribution is 6.12. The van der Waals surface area contributed by atoms with Gasteiger partial charge in [-0.05, 0) is 17.5 Å².